The molecule has 6 heteroatoms. The number of para-hydroxylation sites is 1. The summed E-state index contributed by atoms with van der Waals surface area (Å²) in [5.41, 5.74) is 0.782. The molecule has 0 aliphatic carbocycles. The van der Waals surface area contributed by atoms with Crippen LogP contribution in [0.5, 0.6) is 5.75 Å². The van der Waals surface area contributed by atoms with Gasteiger partial charge in [0.05, 0.1) is 0 Å². The molecule has 5 nitrogen and oxygen atoms in total. The number of halogens is 1. The third-order valence-corrected chi connectivity index (χ3v) is 2.76. The van der Waals surface area contributed by atoms with Crippen LogP contribution in [0.4, 0.5) is 4.39 Å². The molecule has 0 spiro atoms. The zero-order valence-corrected chi connectivity index (χ0v) is 11.1. The fourth-order valence-corrected chi connectivity index (χ4v) is 1.85. The number of nitrogens with one attached hydrogen (secondary N) is 1. The molecule has 0 saturated carbocycles. The van der Waals surface area contributed by atoms with Crippen LogP contribution in [0.3, 0.4) is 0 Å². The maximum absolute atomic E-state index is 13.8. The van der Waals surface area contributed by atoms with Crippen molar-refractivity contribution in [1.82, 2.24) is 20.1 Å². The predicted molar refractivity (Wildman–Crippen MR) is 69.2 cm³/mol. The van der Waals surface area contributed by atoms with Crippen molar-refractivity contribution in [2.24, 2.45) is 0 Å². The molecule has 0 amide bonds. The number of ether oxygens (including phenoxy) is 1. The van der Waals surface area contributed by atoms with Crippen molar-refractivity contribution < 1.29 is 9.13 Å². The third-order valence-electron chi connectivity index (χ3n) is 2.76. The van der Waals surface area contributed by atoms with E-state index in [1.165, 1.54) is 12.4 Å². The largest absolute Gasteiger partial charge is 0.482 e. The molecule has 19 heavy (non-hydrogen) atoms. The van der Waals surface area contributed by atoms with Crippen molar-refractivity contribution in [2.45, 2.75) is 26.6 Å². The Labute approximate surface area is 111 Å². The average Bonchev–Trinajstić information content (AvgIpc) is 2.86. The lowest BCUT2D eigenvalue weighted by atomic mass is 10.2. The minimum absolute atomic E-state index is 0.200. The quantitative estimate of drug-likeness (QED) is 0.863. The van der Waals surface area contributed by atoms with E-state index in [1.54, 1.807) is 10.7 Å². The molecule has 1 N–H and O–H groups in total. The first-order chi connectivity index (χ1) is 9.26. The lowest BCUT2D eigenvalue weighted by molar-refractivity contribution is 0.270. The SMILES string of the molecule is CCn1ncnc1COc1c(F)cccc1CNC. The number of rotatable bonds is 6. The Morgan fingerprint density at radius 2 is 2.26 bits per heavy atom. The Morgan fingerprint density at radius 3 is 3.00 bits per heavy atom. The summed E-state index contributed by atoms with van der Waals surface area (Å²) in [7, 11) is 1.81. The summed E-state index contributed by atoms with van der Waals surface area (Å²) in [6.07, 6.45) is 1.47. The topological polar surface area (TPSA) is 52.0 Å². The minimum atomic E-state index is -0.365. The van der Waals surface area contributed by atoms with Gasteiger partial charge in [-0.2, -0.15) is 5.10 Å². The summed E-state index contributed by atoms with van der Waals surface area (Å²) in [4.78, 5) is 4.10. The van der Waals surface area contributed by atoms with Gasteiger partial charge in [-0.1, -0.05) is 12.1 Å². The van der Waals surface area contributed by atoms with Gasteiger partial charge >= 0.3 is 0 Å². The lowest BCUT2D eigenvalue weighted by Crippen LogP contribution is -2.11. The second-order valence-electron chi connectivity index (χ2n) is 4.04. The summed E-state index contributed by atoms with van der Waals surface area (Å²) >= 11 is 0. The summed E-state index contributed by atoms with van der Waals surface area (Å²) in [5.74, 6) is 0.582. The molecule has 0 radical (unpaired) electrons. The maximum Gasteiger partial charge on any atom is 0.165 e. The highest BCUT2D eigenvalue weighted by Gasteiger charge is 2.11. The van der Waals surface area contributed by atoms with Crippen molar-refractivity contribution in [2.75, 3.05) is 7.05 Å². The Bertz CT molecular complexity index is 541. The summed E-state index contributed by atoms with van der Waals surface area (Å²) in [6, 6.07) is 4.89. The van der Waals surface area contributed by atoms with E-state index in [1.807, 2.05) is 20.0 Å². The number of aromatic nitrogens is 3. The number of hydrogen-bond donors (Lipinski definition) is 1. The summed E-state index contributed by atoms with van der Waals surface area (Å²) < 4.78 is 21.1. The predicted octanol–water partition coefficient (Wildman–Crippen LogP) is 1.74. The van der Waals surface area contributed by atoms with Gasteiger partial charge in [0.2, 0.25) is 0 Å². The van der Waals surface area contributed by atoms with Crippen LogP contribution in [0, 0.1) is 5.82 Å². The molecule has 0 atom stereocenters. The van der Waals surface area contributed by atoms with Crippen LogP contribution in [0.2, 0.25) is 0 Å². The first-order valence-corrected chi connectivity index (χ1v) is 6.17. The Hall–Kier alpha value is -1.95. The summed E-state index contributed by atoms with van der Waals surface area (Å²) in [5, 5.41) is 7.04. The Morgan fingerprint density at radius 1 is 1.42 bits per heavy atom. The van der Waals surface area contributed by atoms with Gasteiger partial charge in [0.25, 0.3) is 0 Å². The van der Waals surface area contributed by atoms with Crippen LogP contribution in [0.1, 0.15) is 18.3 Å². The molecular weight excluding hydrogens is 247 g/mol. The molecular formula is C13H17FN4O. The molecule has 1 aromatic heterocycles. The smallest absolute Gasteiger partial charge is 0.165 e. The monoisotopic (exact) mass is 264 g/mol. The molecule has 0 fully saturated rings. The zero-order chi connectivity index (χ0) is 13.7. The van der Waals surface area contributed by atoms with Crippen LogP contribution in [-0.4, -0.2) is 21.8 Å². The first-order valence-electron chi connectivity index (χ1n) is 6.17. The fourth-order valence-electron chi connectivity index (χ4n) is 1.85. The Balaban J connectivity index is 2.15. The van der Waals surface area contributed by atoms with E-state index < -0.39 is 0 Å². The van der Waals surface area contributed by atoms with Gasteiger partial charge < -0.3 is 10.1 Å². The normalized spacial score (nSPS) is 10.7. The van der Waals surface area contributed by atoms with E-state index >= 15 is 0 Å². The molecule has 2 aromatic rings. The third kappa shape index (κ3) is 3.08. The first kappa shape index (κ1) is 13.5. The average molecular weight is 264 g/mol. The van der Waals surface area contributed by atoms with E-state index in [2.05, 4.69) is 15.4 Å². The molecule has 0 unspecified atom stereocenters. The van der Waals surface area contributed by atoms with Crippen LogP contribution < -0.4 is 10.1 Å². The van der Waals surface area contributed by atoms with Crippen molar-refractivity contribution in [3.63, 3.8) is 0 Å². The van der Waals surface area contributed by atoms with Crippen LogP contribution >= 0.6 is 0 Å². The van der Waals surface area contributed by atoms with Crippen LogP contribution in [0.15, 0.2) is 24.5 Å². The number of aryl methyl sites for hydroxylation is 1. The van der Waals surface area contributed by atoms with E-state index in [0.717, 1.165) is 5.56 Å². The van der Waals surface area contributed by atoms with Crippen LogP contribution in [-0.2, 0) is 19.7 Å². The highest BCUT2D eigenvalue weighted by atomic mass is 19.1. The van der Waals surface area contributed by atoms with Crippen LogP contribution in [0.25, 0.3) is 0 Å². The van der Waals surface area contributed by atoms with Gasteiger partial charge in [0.15, 0.2) is 17.4 Å². The van der Waals surface area contributed by atoms with Gasteiger partial charge in [-0.3, -0.25) is 0 Å². The molecule has 0 aliphatic heterocycles. The molecule has 0 bridgehead atoms. The molecule has 0 saturated heterocycles. The van der Waals surface area contributed by atoms with Crippen molar-refractivity contribution in [3.05, 3.63) is 41.7 Å². The van der Waals surface area contributed by atoms with Gasteiger partial charge in [-0.25, -0.2) is 14.1 Å². The standard InChI is InChI=1S/C13H17FN4O/c1-3-18-12(16-9-17-18)8-19-13-10(7-15-2)5-4-6-11(13)14/h4-6,9,15H,3,7-8H2,1-2H3. The molecule has 2 rings (SSSR count). The second kappa shape index (κ2) is 6.29. The van der Waals surface area contributed by atoms with Crippen molar-refractivity contribution >= 4 is 0 Å². The van der Waals surface area contributed by atoms with Crippen molar-refractivity contribution in [1.29, 1.82) is 0 Å². The highest BCUT2D eigenvalue weighted by Crippen LogP contribution is 2.23. The molecule has 0 aliphatic rings. The van der Waals surface area contributed by atoms with Gasteiger partial charge in [-0.15, -0.1) is 0 Å². The molecule has 1 heterocycles. The highest BCUT2D eigenvalue weighted by molar-refractivity contribution is 5.34. The van der Waals surface area contributed by atoms with Gasteiger partial charge in [0.1, 0.15) is 12.9 Å². The second-order valence-corrected chi connectivity index (χ2v) is 4.04. The van der Waals surface area contributed by atoms with Gasteiger partial charge in [0, 0.05) is 18.7 Å². The van der Waals surface area contributed by atoms with Crippen molar-refractivity contribution in [3.8, 4) is 5.75 Å². The van der Waals surface area contributed by atoms with Gasteiger partial charge in [-0.05, 0) is 20.0 Å². The molecule has 1 aromatic carbocycles. The number of nitrogens with zero attached hydrogens (tertiary/aromatic N) is 3. The number of benzene rings is 1. The van der Waals surface area contributed by atoms with E-state index in [4.69, 9.17) is 4.74 Å². The lowest BCUT2D eigenvalue weighted by Gasteiger charge is -2.12. The fraction of sp³-hybridized carbons (Fsp3) is 0.385. The Kier molecular flexibility index (Phi) is 4.46. The molecule has 102 valence electrons. The van der Waals surface area contributed by atoms with E-state index in [-0.39, 0.29) is 18.2 Å². The van der Waals surface area contributed by atoms with E-state index in [9.17, 15) is 4.39 Å². The summed E-state index contributed by atoms with van der Waals surface area (Å²) in [6.45, 7) is 3.42. The zero-order valence-electron chi connectivity index (χ0n) is 11.1. The maximum atomic E-state index is 13.8. The van der Waals surface area contributed by atoms with E-state index in [0.29, 0.717) is 18.9 Å². The number of hydrogen-bond acceptors (Lipinski definition) is 4. The minimum Gasteiger partial charge on any atom is -0.482 e.